The van der Waals surface area contributed by atoms with Gasteiger partial charge in [-0.25, -0.2) is 4.68 Å². The molecule has 0 unspecified atom stereocenters. The second kappa shape index (κ2) is 4.64. The van der Waals surface area contributed by atoms with Crippen LogP contribution in [0.25, 0.3) is 11.4 Å². The number of hydrogen-bond acceptors (Lipinski definition) is 4. The Morgan fingerprint density at radius 3 is 2.63 bits per heavy atom. The van der Waals surface area contributed by atoms with Crippen LogP contribution in [-0.4, -0.2) is 20.2 Å². The summed E-state index contributed by atoms with van der Waals surface area (Å²) in [4.78, 5) is 0. The second-order valence-electron chi connectivity index (χ2n) is 5.53. The maximum absolute atomic E-state index is 5.71. The molecule has 1 aliphatic rings. The fourth-order valence-corrected chi connectivity index (χ4v) is 2.66. The third-order valence-electron chi connectivity index (χ3n) is 3.92. The molecular formula is C14H19N5. The quantitative estimate of drug-likeness (QED) is 0.835. The maximum atomic E-state index is 5.71. The Morgan fingerprint density at radius 1 is 1.26 bits per heavy atom. The summed E-state index contributed by atoms with van der Waals surface area (Å²) in [5, 5.41) is 12.1. The van der Waals surface area contributed by atoms with E-state index in [0.29, 0.717) is 5.41 Å². The molecule has 0 aliphatic heterocycles. The highest BCUT2D eigenvalue weighted by molar-refractivity contribution is 5.58. The van der Waals surface area contributed by atoms with Crippen molar-refractivity contribution in [2.75, 3.05) is 5.73 Å². The van der Waals surface area contributed by atoms with Crippen molar-refractivity contribution in [3.63, 3.8) is 0 Å². The lowest BCUT2D eigenvalue weighted by Gasteiger charge is -2.14. The standard InChI is InChI=1S/C14H19N5/c1-2-7-14(8-9-14)10-19-13(16-17-18-19)11-3-5-12(15)6-4-11/h3-6H,2,7-10,15H2,1H3. The predicted octanol–water partition coefficient (Wildman–Crippen LogP) is 2.50. The van der Waals surface area contributed by atoms with Gasteiger partial charge < -0.3 is 5.73 Å². The summed E-state index contributed by atoms with van der Waals surface area (Å²) in [5.74, 6) is 0.836. The van der Waals surface area contributed by atoms with E-state index in [4.69, 9.17) is 5.73 Å². The zero-order chi connectivity index (χ0) is 13.3. The molecule has 0 amide bonds. The number of tetrazole rings is 1. The molecule has 0 spiro atoms. The van der Waals surface area contributed by atoms with E-state index in [1.165, 1.54) is 25.7 Å². The minimum atomic E-state index is 0.437. The SMILES string of the molecule is CCCC1(Cn2nnnc2-c2ccc(N)cc2)CC1. The van der Waals surface area contributed by atoms with Crippen LogP contribution in [0.15, 0.2) is 24.3 Å². The average molecular weight is 257 g/mol. The van der Waals surface area contributed by atoms with E-state index in [0.717, 1.165) is 23.6 Å². The summed E-state index contributed by atoms with van der Waals surface area (Å²) in [6.45, 7) is 3.16. The molecule has 0 atom stereocenters. The number of hydrogen-bond donors (Lipinski definition) is 1. The van der Waals surface area contributed by atoms with Crippen molar-refractivity contribution >= 4 is 5.69 Å². The lowest BCUT2D eigenvalue weighted by Crippen LogP contribution is -2.14. The molecule has 2 aromatic rings. The van der Waals surface area contributed by atoms with Gasteiger partial charge >= 0.3 is 0 Å². The first kappa shape index (κ1) is 12.1. The van der Waals surface area contributed by atoms with Crippen molar-refractivity contribution in [2.45, 2.75) is 39.2 Å². The summed E-state index contributed by atoms with van der Waals surface area (Å²) in [6, 6.07) is 7.70. The highest BCUT2D eigenvalue weighted by Gasteiger charge is 2.42. The van der Waals surface area contributed by atoms with Crippen LogP contribution in [0.1, 0.15) is 32.6 Å². The number of nitrogen functional groups attached to an aromatic ring is 1. The zero-order valence-electron chi connectivity index (χ0n) is 11.2. The van der Waals surface area contributed by atoms with Gasteiger partial charge in [0.2, 0.25) is 0 Å². The summed E-state index contributed by atoms with van der Waals surface area (Å²) in [7, 11) is 0. The van der Waals surface area contributed by atoms with Crippen molar-refractivity contribution in [1.29, 1.82) is 0 Å². The van der Waals surface area contributed by atoms with Gasteiger partial charge in [0.1, 0.15) is 0 Å². The number of nitrogens with zero attached hydrogens (tertiary/aromatic N) is 4. The Balaban J connectivity index is 1.84. The number of aromatic nitrogens is 4. The molecule has 1 aromatic carbocycles. The van der Waals surface area contributed by atoms with Crippen LogP contribution >= 0.6 is 0 Å². The Labute approximate surface area is 112 Å². The minimum absolute atomic E-state index is 0.437. The summed E-state index contributed by atoms with van der Waals surface area (Å²) < 4.78 is 1.94. The number of benzene rings is 1. The molecule has 1 saturated carbocycles. The van der Waals surface area contributed by atoms with Crippen LogP contribution < -0.4 is 5.73 Å². The molecule has 5 heteroatoms. The first-order valence-corrected chi connectivity index (χ1v) is 6.84. The van der Waals surface area contributed by atoms with Gasteiger partial charge in [0.25, 0.3) is 0 Å². The van der Waals surface area contributed by atoms with Crippen molar-refractivity contribution in [3.8, 4) is 11.4 Å². The molecule has 1 heterocycles. The fourth-order valence-electron chi connectivity index (χ4n) is 2.66. The van der Waals surface area contributed by atoms with Crippen LogP contribution in [-0.2, 0) is 6.54 Å². The number of nitrogens with two attached hydrogens (primary N) is 1. The van der Waals surface area contributed by atoms with Crippen molar-refractivity contribution < 1.29 is 0 Å². The molecule has 19 heavy (non-hydrogen) atoms. The normalized spacial score (nSPS) is 16.5. The predicted molar refractivity (Wildman–Crippen MR) is 74.2 cm³/mol. The summed E-state index contributed by atoms with van der Waals surface area (Å²) >= 11 is 0. The topological polar surface area (TPSA) is 69.6 Å². The summed E-state index contributed by atoms with van der Waals surface area (Å²) in [6.07, 6.45) is 5.07. The highest BCUT2D eigenvalue weighted by atomic mass is 15.5. The molecule has 5 nitrogen and oxygen atoms in total. The number of anilines is 1. The smallest absolute Gasteiger partial charge is 0.182 e. The molecule has 2 N–H and O–H groups in total. The minimum Gasteiger partial charge on any atom is -0.399 e. The van der Waals surface area contributed by atoms with E-state index in [2.05, 4.69) is 22.4 Å². The molecule has 0 radical (unpaired) electrons. The monoisotopic (exact) mass is 257 g/mol. The molecule has 3 rings (SSSR count). The lowest BCUT2D eigenvalue weighted by atomic mass is 10.0. The average Bonchev–Trinajstić information content (AvgIpc) is 2.99. The molecule has 100 valence electrons. The van der Waals surface area contributed by atoms with Gasteiger partial charge in [-0.05, 0) is 59.4 Å². The van der Waals surface area contributed by atoms with Gasteiger partial charge in [-0.3, -0.25) is 0 Å². The molecule has 1 aliphatic carbocycles. The zero-order valence-corrected chi connectivity index (χ0v) is 11.2. The van der Waals surface area contributed by atoms with Crippen molar-refractivity contribution in [2.24, 2.45) is 5.41 Å². The first-order valence-electron chi connectivity index (χ1n) is 6.84. The molecule has 1 fully saturated rings. The summed E-state index contributed by atoms with van der Waals surface area (Å²) in [5.41, 5.74) is 7.92. The molecule has 1 aromatic heterocycles. The Bertz CT molecular complexity index is 553. The van der Waals surface area contributed by atoms with E-state index >= 15 is 0 Å². The second-order valence-corrected chi connectivity index (χ2v) is 5.53. The van der Waals surface area contributed by atoms with Gasteiger partial charge in [-0.15, -0.1) is 5.10 Å². The van der Waals surface area contributed by atoms with Gasteiger partial charge in [0, 0.05) is 11.3 Å². The van der Waals surface area contributed by atoms with E-state index < -0.39 is 0 Å². The van der Waals surface area contributed by atoms with E-state index in [1.807, 2.05) is 28.9 Å². The van der Waals surface area contributed by atoms with Crippen LogP contribution in [0.3, 0.4) is 0 Å². The first-order chi connectivity index (χ1) is 9.22. The van der Waals surface area contributed by atoms with Crippen molar-refractivity contribution in [1.82, 2.24) is 20.2 Å². The highest BCUT2D eigenvalue weighted by Crippen LogP contribution is 2.51. The van der Waals surface area contributed by atoms with Gasteiger partial charge in [-0.2, -0.15) is 0 Å². The molecule has 0 bridgehead atoms. The van der Waals surface area contributed by atoms with Crippen LogP contribution in [0.4, 0.5) is 5.69 Å². The molecular weight excluding hydrogens is 238 g/mol. The largest absolute Gasteiger partial charge is 0.399 e. The molecule has 0 saturated heterocycles. The maximum Gasteiger partial charge on any atom is 0.182 e. The van der Waals surface area contributed by atoms with Gasteiger partial charge in [0.05, 0.1) is 6.54 Å². The lowest BCUT2D eigenvalue weighted by molar-refractivity contribution is 0.365. The third kappa shape index (κ3) is 2.45. The van der Waals surface area contributed by atoms with Crippen LogP contribution in [0, 0.1) is 5.41 Å². The van der Waals surface area contributed by atoms with E-state index in [9.17, 15) is 0 Å². The Morgan fingerprint density at radius 2 is 2.00 bits per heavy atom. The van der Waals surface area contributed by atoms with Crippen LogP contribution in [0.2, 0.25) is 0 Å². The fraction of sp³-hybridized carbons (Fsp3) is 0.500. The van der Waals surface area contributed by atoms with E-state index in [1.54, 1.807) is 0 Å². The van der Waals surface area contributed by atoms with Crippen LogP contribution in [0.5, 0.6) is 0 Å². The van der Waals surface area contributed by atoms with Gasteiger partial charge in [0.15, 0.2) is 5.82 Å². The van der Waals surface area contributed by atoms with E-state index in [-0.39, 0.29) is 0 Å². The van der Waals surface area contributed by atoms with Crippen molar-refractivity contribution in [3.05, 3.63) is 24.3 Å². The Hall–Kier alpha value is -1.91. The third-order valence-corrected chi connectivity index (χ3v) is 3.92. The Kier molecular flexibility index (Phi) is 2.97. The number of rotatable bonds is 5. The van der Waals surface area contributed by atoms with Gasteiger partial charge in [-0.1, -0.05) is 13.3 Å².